The summed E-state index contributed by atoms with van der Waals surface area (Å²) in [6.45, 7) is 4.04. The summed E-state index contributed by atoms with van der Waals surface area (Å²) < 4.78 is 29.0. The van der Waals surface area contributed by atoms with Crippen molar-refractivity contribution >= 4 is 11.6 Å². The summed E-state index contributed by atoms with van der Waals surface area (Å²) in [5, 5.41) is -0.00439. The van der Waals surface area contributed by atoms with Crippen molar-refractivity contribution in [3.05, 3.63) is 81.1 Å². The van der Waals surface area contributed by atoms with Crippen LogP contribution in [0.5, 0.6) is 0 Å². The third-order valence-corrected chi connectivity index (χ3v) is 4.46. The molecule has 0 fully saturated rings. The van der Waals surface area contributed by atoms with Crippen LogP contribution in [0.2, 0.25) is 5.02 Å². The summed E-state index contributed by atoms with van der Waals surface area (Å²) in [7, 11) is 0. The normalized spacial score (nSPS) is 10.9. The fraction of sp³-hybridized carbons (Fsp3) is 0.150. The second-order valence-corrected chi connectivity index (χ2v) is 6.17. The molecule has 0 aliphatic rings. The van der Waals surface area contributed by atoms with Gasteiger partial charge in [-0.15, -0.1) is 0 Å². The van der Waals surface area contributed by atoms with Gasteiger partial charge in [0.25, 0.3) is 5.56 Å². The number of hydrogen-bond acceptors (Lipinski definition) is 1. The van der Waals surface area contributed by atoms with Gasteiger partial charge in [0.15, 0.2) is 0 Å². The molecule has 0 radical (unpaired) electrons. The fourth-order valence-corrected chi connectivity index (χ4v) is 3.16. The minimum atomic E-state index is -0.518. The van der Waals surface area contributed by atoms with Gasteiger partial charge in [0.2, 0.25) is 0 Å². The molecule has 0 bridgehead atoms. The zero-order valence-corrected chi connectivity index (χ0v) is 14.6. The van der Waals surface area contributed by atoms with E-state index in [9.17, 15) is 13.6 Å². The maximum atomic E-state index is 14.1. The van der Waals surface area contributed by atoms with Gasteiger partial charge in [-0.1, -0.05) is 11.6 Å². The lowest BCUT2D eigenvalue weighted by Crippen LogP contribution is -2.20. The van der Waals surface area contributed by atoms with Crippen LogP contribution < -0.4 is 5.56 Å². The molecule has 25 heavy (non-hydrogen) atoms. The Labute approximate surface area is 149 Å². The molecule has 1 aromatic heterocycles. The van der Waals surface area contributed by atoms with Gasteiger partial charge in [0, 0.05) is 23.7 Å². The highest BCUT2D eigenvalue weighted by atomic mass is 35.5. The standard InChI is InChI=1S/C20H16ClF2NO/c1-3-24-18(25)9-8-15(16-10-12(2)11-17(23)19(16)21)20(24)13-4-6-14(22)7-5-13/h4-11H,3H2,1-2H3. The summed E-state index contributed by atoms with van der Waals surface area (Å²) in [5.74, 6) is -0.887. The van der Waals surface area contributed by atoms with Crippen molar-refractivity contribution in [2.75, 3.05) is 0 Å². The van der Waals surface area contributed by atoms with Gasteiger partial charge in [0.05, 0.1) is 10.7 Å². The first kappa shape index (κ1) is 17.4. The largest absolute Gasteiger partial charge is 0.308 e. The van der Waals surface area contributed by atoms with Crippen LogP contribution >= 0.6 is 11.6 Å². The van der Waals surface area contributed by atoms with Crippen molar-refractivity contribution in [2.24, 2.45) is 0 Å². The molecule has 0 saturated carbocycles. The number of halogens is 3. The van der Waals surface area contributed by atoms with Crippen molar-refractivity contribution in [1.82, 2.24) is 4.57 Å². The van der Waals surface area contributed by atoms with Crippen LogP contribution in [0, 0.1) is 18.6 Å². The number of benzene rings is 2. The molecule has 0 atom stereocenters. The van der Waals surface area contributed by atoms with Gasteiger partial charge in [-0.2, -0.15) is 0 Å². The molecule has 0 amide bonds. The average Bonchev–Trinajstić information content (AvgIpc) is 2.59. The molecule has 1 heterocycles. The topological polar surface area (TPSA) is 22.0 Å². The van der Waals surface area contributed by atoms with Crippen LogP contribution in [-0.2, 0) is 6.54 Å². The van der Waals surface area contributed by atoms with Crippen LogP contribution in [0.25, 0.3) is 22.4 Å². The Bertz CT molecular complexity index is 994. The third kappa shape index (κ3) is 3.22. The van der Waals surface area contributed by atoms with E-state index in [4.69, 9.17) is 11.6 Å². The lowest BCUT2D eigenvalue weighted by molar-refractivity contribution is 0.627. The van der Waals surface area contributed by atoms with Crippen LogP contribution in [-0.4, -0.2) is 4.57 Å². The minimum Gasteiger partial charge on any atom is -0.308 e. The summed E-state index contributed by atoms with van der Waals surface area (Å²) in [6.07, 6.45) is 0. The molecular weight excluding hydrogens is 344 g/mol. The predicted molar refractivity (Wildman–Crippen MR) is 96.9 cm³/mol. The molecule has 0 saturated heterocycles. The summed E-state index contributed by atoms with van der Waals surface area (Å²) in [4.78, 5) is 12.3. The van der Waals surface area contributed by atoms with E-state index in [2.05, 4.69) is 0 Å². The molecular formula is C20H16ClF2NO. The Kier molecular flexibility index (Phi) is 4.73. The first-order valence-electron chi connectivity index (χ1n) is 7.88. The van der Waals surface area contributed by atoms with Crippen LogP contribution in [0.4, 0.5) is 8.78 Å². The smallest absolute Gasteiger partial charge is 0.251 e. The van der Waals surface area contributed by atoms with Crippen LogP contribution in [0.15, 0.2) is 53.3 Å². The lowest BCUT2D eigenvalue weighted by Gasteiger charge is -2.18. The minimum absolute atomic E-state index is 0.00439. The first-order chi connectivity index (χ1) is 11.9. The molecule has 2 nitrogen and oxygen atoms in total. The lowest BCUT2D eigenvalue weighted by atomic mass is 9.97. The molecule has 2 aromatic carbocycles. The van der Waals surface area contributed by atoms with E-state index in [1.165, 1.54) is 24.3 Å². The van der Waals surface area contributed by atoms with E-state index in [0.29, 0.717) is 28.9 Å². The van der Waals surface area contributed by atoms with E-state index >= 15 is 0 Å². The van der Waals surface area contributed by atoms with Gasteiger partial charge < -0.3 is 4.57 Å². The Morgan fingerprint density at radius 2 is 1.68 bits per heavy atom. The molecule has 0 aliphatic carbocycles. The van der Waals surface area contributed by atoms with Gasteiger partial charge >= 0.3 is 0 Å². The number of pyridine rings is 1. The summed E-state index contributed by atoms with van der Waals surface area (Å²) in [5.41, 5.74) is 2.91. The number of nitrogens with zero attached hydrogens (tertiary/aromatic N) is 1. The molecule has 3 rings (SSSR count). The molecule has 0 unspecified atom stereocenters. The fourth-order valence-electron chi connectivity index (χ4n) is 2.95. The van der Waals surface area contributed by atoms with Crippen LogP contribution in [0.3, 0.4) is 0 Å². The maximum Gasteiger partial charge on any atom is 0.251 e. The monoisotopic (exact) mass is 359 g/mol. The van der Waals surface area contributed by atoms with E-state index in [1.54, 1.807) is 35.8 Å². The SMILES string of the molecule is CCn1c(-c2ccc(F)cc2)c(-c2cc(C)cc(F)c2Cl)ccc1=O. The number of hydrogen-bond donors (Lipinski definition) is 0. The summed E-state index contributed by atoms with van der Waals surface area (Å²) >= 11 is 6.20. The second-order valence-electron chi connectivity index (χ2n) is 5.79. The van der Waals surface area contributed by atoms with Gasteiger partial charge in [-0.05, 0) is 67.4 Å². The Hall–Kier alpha value is -2.46. The first-order valence-corrected chi connectivity index (χ1v) is 8.26. The van der Waals surface area contributed by atoms with Crippen LogP contribution in [0.1, 0.15) is 12.5 Å². The maximum absolute atomic E-state index is 14.1. The molecule has 0 N–H and O–H groups in total. The molecule has 0 aliphatic heterocycles. The zero-order chi connectivity index (χ0) is 18.1. The second kappa shape index (κ2) is 6.81. The molecule has 0 spiro atoms. The van der Waals surface area contributed by atoms with Gasteiger partial charge in [-0.3, -0.25) is 4.79 Å². The molecule has 3 aromatic rings. The molecule has 128 valence electrons. The average molecular weight is 360 g/mol. The molecule has 5 heteroatoms. The Morgan fingerprint density at radius 3 is 2.32 bits per heavy atom. The zero-order valence-electron chi connectivity index (χ0n) is 13.8. The number of aryl methyl sites for hydroxylation is 1. The van der Waals surface area contributed by atoms with E-state index in [1.807, 2.05) is 6.92 Å². The van der Waals surface area contributed by atoms with Crippen molar-refractivity contribution < 1.29 is 8.78 Å². The highest BCUT2D eigenvalue weighted by Crippen LogP contribution is 2.37. The van der Waals surface area contributed by atoms with E-state index < -0.39 is 5.82 Å². The summed E-state index contributed by atoms with van der Waals surface area (Å²) in [6, 6.07) is 12.1. The predicted octanol–water partition coefficient (Wildman–Crippen LogP) is 5.44. The Balaban J connectivity index is 2.39. The third-order valence-electron chi connectivity index (χ3n) is 4.08. The quantitative estimate of drug-likeness (QED) is 0.610. The van der Waals surface area contributed by atoms with Crippen molar-refractivity contribution in [1.29, 1.82) is 0 Å². The number of rotatable bonds is 3. The van der Waals surface area contributed by atoms with E-state index in [-0.39, 0.29) is 16.4 Å². The van der Waals surface area contributed by atoms with Crippen molar-refractivity contribution in [2.45, 2.75) is 20.4 Å². The van der Waals surface area contributed by atoms with E-state index in [0.717, 1.165) is 5.56 Å². The highest BCUT2D eigenvalue weighted by molar-refractivity contribution is 6.33. The highest BCUT2D eigenvalue weighted by Gasteiger charge is 2.17. The van der Waals surface area contributed by atoms with Gasteiger partial charge in [0.1, 0.15) is 11.6 Å². The number of aromatic nitrogens is 1. The van der Waals surface area contributed by atoms with Gasteiger partial charge in [-0.25, -0.2) is 8.78 Å². The Morgan fingerprint density at radius 1 is 1.00 bits per heavy atom. The van der Waals surface area contributed by atoms with Crippen molar-refractivity contribution in [3.8, 4) is 22.4 Å². The van der Waals surface area contributed by atoms with Crippen molar-refractivity contribution in [3.63, 3.8) is 0 Å².